The van der Waals surface area contributed by atoms with Gasteiger partial charge in [0.05, 0.1) is 6.04 Å². The summed E-state index contributed by atoms with van der Waals surface area (Å²) in [6, 6.07) is 11.7. The summed E-state index contributed by atoms with van der Waals surface area (Å²) in [6.45, 7) is 4.21. The van der Waals surface area contributed by atoms with E-state index >= 15 is 0 Å². The minimum absolute atomic E-state index is 0.0778. The normalized spacial score (nSPS) is 17.3. The molecule has 2 aromatic carbocycles. The van der Waals surface area contributed by atoms with E-state index in [0.717, 1.165) is 18.5 Å². The molecule has 3 amide bonds. The molecule has 0 saturated carbocycles. The topological polar surface area (TPSA) is 157 Å². The van der Waals surface area contributed by atoms with E-state index < -0.39 is 42.0 Å². The van der Waals surface area contributed by atoms with Crippen molar-refractivity contribution in [2.75, 3.05) is 6.54 Å². The van der Waals surface area contributed by atoms with E-state index in [2.05, 4.69) is 21.3 Å². The number of nitrogens with one attached hydrogen (secondary N) is 4. The van der Waals surface area contributed by atoms with Gasteiger partial charge in [0.1, 0.15) is 23.9 Å². The lowest BCUT2D eigenvalue weighted by atomic mass is 9.99. The molecule has 204 valence electrons. The minimum Gasteiger partial charge on any atom is -0.508 e. The first kappa shape index (κ1) is 28.6. The molecule has 4 unspecified atom stereocenters. The van der Waals surface area contributed by atoms with Gasteiger partial charge in [-0.15, -0.1) is 0 Å². The first-order valence-corrected chi connectivity index (χ1v) is 12.8. The number of carbonyl (C=O) groups is 4. The Morgan fingerprint density at radius 2 is 1.50 bits per heavy atom. The molecule has 3 rings (SSSR count). The minimum atomic E-state index is -1.18. The molecule has 10 heteroatoms. The predicted octanol–water partition coefficient (Wildman–Crippen LogP) is 1.12. The first-order valence-electron chi connectivity index (χ1n) is 12.8. The van der Waals surface area contributed by atoms with Crippen molar-refractivity contribution in [2.24, 2.45) is 5.92 Å². The largest absolute Gasteiger partial charge is 0.508 e. The highest BCUT2D eigenvalue weighted by molar-refractivity contribution is 5.94. The van der Waals surface area contributed by atoms with Crippen LogP contribution in [0, 0.1) is 5.92 Å². The van der Waals surface area contributed by atoms with E-state index in [1.165, 1.54) is 12.1 Å². The SMILES string of the molecule is CC(C)C(NC(=O)C(Cc1ccc(O)cc1)NC(=O)C1CCCN1)C(=O)NC(Cc1ccccc1)C(=O)O. The molecule has 1 saturated heterocycles. The van der Waals surface area contributed by atoms with Gasteiger partial charge in [-0.3, -0.25) is 14.4 Å². The van der Waals surface area contributed by atoms with Gasteiger partial charge in [0.25, 0.3) is 0 Å². The number of hydrogen-bond donors (Lipinski definition) is 6. The summed E-state index contributed by atoms with van der Waals surface area (Å²) in [5.41, 5.74) is 1.46. The standard InChI is InChI=1S/C28H36N4O6/c1-17(2)24(27(36)31-23(28(37)38)16-18-7-4-3-5-8-18)32-26(35)22(15-19-10-12-20(33)13-11-19)30-25(34)21-9-6-14-29-21/h3-5,7-8,10-13,17,21-24,29,33H,6,9,14-16H2,1-2H3,(H,30,34)(H,31,36)(H,32,35)(H,37,38). The lowest BCUT2D eigenvalue weighted by Gasteiger charge is -2.27. The maximum Gasteiger partial charge on any atom is 0.326 e. The van der Waals surface area contributed by atoms with Crippen molar-refractivity contribution in [3.05, 3.63) is 65.7 Å². The molecule has 0 radical (unpaired) electrons. The molecule has 0 spiro atoms. The van der Waals surface area contributed by atoms with Crippen molar-refractivity contribution in [1.82, 2.24) is 21.3 Å². The molecule has 0 aliphatic carbocycles. The molecular formula is C28H36N4O6. The lowest BCUT2D eigenvalue weighted by molar-refractivity contribution is -0.142. The second-order valence-electron chi connectivity index (χ2n) is 9.90. The number of phenols is 1. The number of carbonyl (C=O) groups excluding carboxylic acids is 3. The van der Waals surface area contributed by atoms with E-state index in [9.17, 15) is 29.4 Å². The Labute approximate surface area is 222 Å². The van der Waals surface area contributed by atoms with Gasteiger partial charge in [0.2, 0.25) is 17.7 Å². The molecule has 10 nitrogen and oxygen atoms in total. The average molecular weight is 525 g/mol. The summed E-state index contributed by atoms with van der Waals surface area (Å²) in [7, 11) is 0. The Hall–Kier alpha value is -3.92. The summed E-state index contributed by atoms with van der Waals surface area (Å²) in [5.74, 6) is -2.95. The van der Waals surface area contributed by atoms with E-state index in [-0.39, 0.29) is 30.4 Å². The van der Waals surface area contributed by atoms with Gasteiger partial charge in [-0.05, 0) is 48.6 Å². The molecule has 1 fully saturated rings. The molecule has 0 bridgehead atoms. The second-order valence-corrected chi connectivity index (χ2v) is 9.90. The van der Waals surface area contributed by atoms with Crippen LogP contribution in [0.4, 0.5) is 0 Å². The van der Waals surface area contributed by atoms with E-state index in [0.29, 0.717) is 12.0 Å². The molecule has 4 atom stereocenters. The van der Waals surface area contributed by atoms with Crippen molar-refractivity contribution in [3.63, 3.8) is 0 Å². The third kappa shape index (κ3) is 8.31. The Morgan fingerprint density at radius 3 is 2.08 bits per heavy atom. The van der Waals surface area contributed by atoms with Gasteiger partial charge in [-0.2, -0.15) is 0 Å². The number of benzene rings is 2. The fourth-order valence-corrected chi connectivity index (χ4v) is 4.36. The third-order valence-electron chi connectivity index (χ3n) is 6.53. The molecule has 0 aromatic heterocycles. The van der Waals surface area contributed by atoms with Crippen LogP contribution >= 0.6 is 0 Å². The van der Waals surface area contributed by atoms with Gasteiger partial charge in [0.15, 0.2) is 0 Å². The lowest BCUT2D eigenvalue weighted by Crippen LogP contribution is -2.59. The van der Waals surface area contributed by atoms with E-state index in [4.69, 9.17) is 0 Å². The van der Waals surface area contributed by atoms with Gasteiger partial charge in [0, 0.05) is 12.8 Å². The number of aliphatic carboxylic acids is 1. The Morgan fingerprint density at radius 1 is 0.868 bits per heavy atom. The summed E-state index contributed by atoms with van der Waals surface area (Å²) in [4.78, 5) is 51.2. The summed E-state index contributed by atoms with van der Waals surface area (Å²) >= 11 is 0. The zero-order chi connectivity index (χ0) is 27.7. The molecule has 6 N–H and O–H groups in total. The fourth-order valence-electron chi connectivity index (χ4n) is 4.36. The van der Waals surface area contributed by atoms with Crippen LogP contribution < -0.4 is 21.3 Å². The highest BCUT2D eigenvalue weighted by Gasteiger charge is 2.33. The number of carboxylic acids is 1. The van der Waals surface area contributed by atoms with Crippen molar-refractivity contribution in [3.8, 4) is 5.75 Å². The monoisotopic (exact) mass is 524 g/mol. The number of carboxylic acid groups (broad SMARTS) is 1. The van der Waals surface area contributed by atoms with Crippen LogP contribution in [-0.2, 0) is 32.0 Å². The van der Waals surface area contributed by atoms with Crippen LogP contribution in [0.3, 0.4) is 0 Å². The smallest absolute Gasteiger partial charge is 0.326 e. The van der Waals surface area contributed by atoms with Crippen LogP contribution in [0.25, 0.3) is 0 Å². The molecule has 38 heavy (non-hydrogen) atoms. The van der Waals surface area contributed by atoms with Crippen molar-refractivity contribution in [1.29, 1.82) is 0 Å². The molecule has 2 aromatic rings. The van der Waals surface area contributed by atoms with Gasteiger partial charge in [-0.1, -0.05) is 56.3 Å². The first-order chi connectivity index (χ1) is 18.1. The van der Waals surface area contributed by atoms with Crippen molar-refractivity contribution in [2.45, 2.75) is 63.7 Å². The second kappa shape index (κ2) is 13.6. The third-order valence-corrected chi connectivity index (χ3v) is 6.53. The Bertz CT molecular complexity index is 1100. The highest BCUT2D eigenvalue weighted by atomic mass is 16.4. The number of aromatic hydroxyl groups is 1. The quantitative estimate of drug-likeness (QED) is 0.243. The van der Waals surface area contributed by atoms with Crippen LogP contribution in [0.1, 0.15) is 37.8 Å². The number of hydrogen-bond acceptors (Lipinski definition) is 6. The zero-order valence-corrected chi connectivity index (χ0v) is 21.6. The van der Waals surface area contributed by atoms with Crippen molar-refractivity contribution >= 4 is 23.7 Å². The molecule has 1 aliphatic heterocycles. The van der Waals surface area contributed by atoms with Crippen LogP contribution in [-0.4, -0.2) is 64.6 Å². The molecule has 1 aliphatic rings. The van der Waals surface area contributed by atoms with Crippen molar-refractivity contribution < 1.29 is 29.4 Å². The number of rotatable bonds is 12. The number of amides is 3. The molecule has 1 heterocycles. The number of phenolic OH excluding ortho intramolecular Hbond substituents is 1. The van der Waals surface area contributed by atoms with E-state index in [1.54, 1.807) is 50.2 Å². The average Bonchev–Trinajstić information content (AvgIpc) is 3.43. The maximum atomic E-state index is 13.4. The van der Waals surface area contributed by atoms with Gasteiger partial charge >= 0.3 is 5.97 Å². The summed E-state index contributed by atoms with van der Waals surface area (Å²) < 4.78 is 0. The van der Waals surface area contributed by atoms with Gasteiger partial charge in [-0.25, -0.2) is 4.79 Å². The van der Waals surface area contributed by atoms with Crippen LogP contribution in [0.2, 0.25) is 0 Å². The molecular weight excluding hydrogens is 488 g/mol. The summed E-state index contributed by atoms with van der Waals surface area (Å²) in [5, 5.41) is 30.5. The fraction of sp³-hybridized carbons (Fsp3) is 0.429. The Kier molecular flexibility index (Phi) is 10.2. The zero-order valence-electron chi connectivity index (χ0n) is 21.6. The van der Waals surface area contributed by atoms with Gasteiger partial charge < -0.3 is 31.5 Å². The van der Waals surface area contributed by atoms with E-state index in [1.807, 2.05) is 6.07 Å². The maximum absolute atomic E-state index is 13.4. The Balaban J connectivity index is 1.73. The van der Waals surface area contributed by atoms with Crippen LogP contribution in [0.5, 0.6) is 5.75 Å². The summed E-state index contributed by atoms with van der Waals surface area (Å²) in [6.07, 6.45) is 1.75. The predicted molar refractivity (Wildman–Crippen MR) is 141 cm³/mol. The highest BCUT2D eigenvalue weighted by Crippen LogP contribution is 2.13. The van der Waals surface area contributed by atoms with Crippen LogP contribution in [0.15, 0.2) is 54.6 Å².